The molecule has 4 aliphatic carbocycles. The first kappa shape index (κ1) is 17.1. The van der Waals surface area contributed by atoms with E-state index in [1.54, 1.807) is 0 Å². The van der Waals surface area contributed by atoms with E-state index in [2.05, 4.69) is 58.6 Å². The Labute approximate surface area is 168 Å². The molecule has 2 saturated carbocycles. The topological polar surface area (TPSA) is 31.2 Å². The first-order chi connectivity index (χ1) is 13.7. The minimum Gasteiger partial charge on any atom is -0.275 e. The van der Waals surface area contributed by atoms with Crippen LogP contribution in [0.5, 0.6) is 0 Å². The highest BCUT2D eigenvalue weighted by molar-refractivity contribution is 5.31. The molecule has 0 unspecified atom stereocenters. The molecule has 4 heteroatoms. The van der Waals surface area contributed by atoms with E-state index in [4.69, 9.17) is 10.4 Å². The Morgan fingerprint density at radius 1 is 0.464 bits per heavy atom. The Hall–Kier alpha value is -1.84. The normalized spacial score (nSPS) is 46.0. The summed E-state index contributed by atoms with van der Waals surface area (Å²) in [5.74, 6) is 0. The predicted octanol–water partition coefficient (Wildman–Crippen LogP) is 5.25. The van der Waals surface area contributed by atoms with Gasteiger partial charge in [0.1, 0.15) is 0 Å². The zero-order valence-electron chi connectivity index (χ0n) is 16.9. The van der Waals surface area contributed by atoms with E-state index in [1.807, 2.05) is 0 Å². The van der Waals surface area contributed by atoms with Crippen LogP contribution in [-0.4, -0.2) is 36.2 Å². The van der Waals surface area contributed by atoms with Crippen LogP contribution in [0.3, 0.4) is 0 Å². The van der Waals surface area contributed by atoms with Crippen LogP contribution in [0.15, 0.2) is 59.1 Å². The monoisotopic (exact) mass is 376 g/mol. The van der Waals surface area contributed by atoms with Crippen molar-refractivity contribution in [2.24, 2.45) is 32.1 Å². The zero-order chi connectivity index (χ0) is 18.7. The van der Waals surface area contributed by atoms with Gasteiger partial charge in [-0.05, 0) is 25.7 Å². The molecule has 0 spiro atoms. The lowest BCUT2D eigenvalue weighted by atomic mass is 9.56. The number of hydrogen-bond acceptors (Lipinski definition) is 2. The molecule has 4 fully saturated rings. The molecule has 0 aromatic rings. The Bertz CT molecular complexity index is 683. The van der Waals surface area contributed by atoms with Gasteiger partial charge in [-0.3, -0.25) is 10.0 Å². The quantitative estimate of drug-likeness (QED) is 0.617. The van der Waals surface area contributed by atoms with Crippen molar-refractivity contribution in [3.05, 3.63) is 48.6 Å². The van der Waals surface area contributed by atoms with Crippen molar-refractivity contribution in [2.45, 2.75) is 51.4 Å². The molecule has 4 nitrogen and oxygen atoms in total. The summed E-state index contributed by atoms with van der Waals surface area (Å²) < 4.78 is 0. The molecule has 4 atom stereocenters. The summed E-state index contributed by atoms with van der Waals surface area (Å²) in [5, 5.41) is 14.2. The third-order valence-corrected chi connectivity index (χ3v) is 9.01. The SMILES string of the molecule is C1=C[C@@]23CCCC[C@@]2(C=C1)CN(/N=N\N1C[C@]24C=CC=C[C@@]2(CCCC4)C1)C3. The van der Waals surface area contributed by atoms with E-state index in [-0.39, 0.29) is 21.7 Å². The molecule has 0 bridgehead atoms. The predicted molar refractivity (Wildman–Crippen MR) is 111 cm³/mol. The standard InChI is InChI=1S/C24H32N4/c1-2-10-22-12-4-3-11-21(22,9-1)17-27(18-22)25-26-28-19-23-13-5-6-14-24(23,20-28)16-8-7-15-23/h1-2,5-6,9-10,13-14H,3-4,7-8,11-12,15-20H2/b26-25-/t21-,22-,23+,24+. The largest absolute Gasteiger partial charge is 0.275 e. The van der Waals surface area contributed by atoms with Crippen LogP contribution in [0, 0.1) is 21.7 Å². The summed E-state index contributed by atoms with van der Waals surface area (Å²) in [6.45, 7) is 4.12. The van der Waals surface area contributed by atoms with Crippen molar-refractivity contribution >= 4 is 0 Å². The van der Waals surface area contributed by atoms with Crippen LogP contribution < -0.4 is 0 Å². The van der Waals surface area contributed by atoms with Gasteiger partial charge in [0.2, 0.25) is 0 Å². The fourth-order valence-electron chi connectivity index (χ4n) is 7.52. The van der Waals surface area contributed by atoms with E-state index in [0.29, 0.717) is 0 Å². The van der Waals surface area contributed by atoms with Crippen molar-refractivity contribution in [1.29, 1.82) is 0 Å². The molecule has 2 aliphatic heterocycles. The molecule has 2 saturated heterocycles. The Kier molecular flexibility index (Phi) is 3.56. The van der Waals surface area contributed by atoms with Crippen molar-refractivity contribution in [1.82, 2.24) is 10.0 Å². The Morgan fingerprint density at radius 2 is 0.750 bits per heavy atom. The molecule has 148 valence electrons. The van der Waals surface area contributed by atoms with Crippen molar-refractivity contribution < 1.29 is 0 Å². The van der Waals surface area contributed by atoms with Gasteiger partial charge in [0.25, 0.3) is 0 Å². The maximum atomic E-state index is 4.82. The highest BCUT2D eigenvalue weighted by atomic mass is 15.7. The second-order valence-electron chi connectivity index (χ2n) is 10.3. The summed E-state index contributed by atoms with van der Waals surface area (Å²) >= 11 is 0. The van der Waals surface area contributed by atoms with Gasteiger partial charge in [-0.2, -0.15) is 0 Å². The van der Waals surface area contributed by atoms with Gasteiger partial charge in [-0.25, -0.2) is 0 Å². The molecule has 0 N–H and O–H groups in total. The molecule has 0 amide bonds. The smallest absolute Gasteiger partial charge is 0.0478 e. The minimum absolute atomic E-state index is 0.287. The van der Waals surface area contributed by atoms with E-state index in [0.717, 1.165) is 26.2 Å². The van der Waals surface area contributed by atoms with Gasteiger partial charge in [0, 0.05) is 47.8 Å². The third-order valence-electron chi connectivity index (χ3n) is 9.01. The number of nitrogens with zero attached hydrogens (tertiary/aromatic N) is 4. The van der Waals surface area contributed by atoms with E-state index in [9.17, 15) is 0 Å². The maximum absolute atomic E-state index is 4.82. The van der Waals surface area contributed by atoms with Crippen LogP contribution in [0.1, 0.15) is 51.4 Å². The van der Waals surface area contributed by atoms with Crippen LogP contribution in [0.25, 0.3) is 0 Å². The lowest BCUT2D eigenvalue weighted by Crippen LogP contribution is -2.42. The molecular weight excluding hydrogens is 344 g/mol. The van der Waals surface area contributed by atoms with E-state index in [1.165, 1.54) is 51.4 Å². The molecule has 2 heterocycles. The minimum atomic E-state index is 0.287. The summed E-state index contributed by atoms with van der Waals surface area (Å²) in [5.41, 5.74) is 1.15. The van der Waals surface area contributed by atoms with Crippen molar-refractivity contribution in [2.75, 3.05) is 26.2 Å². The molecule has 0 aromatic heterocycles. The Balaban J connectivity index is 1.23. The number of hydrogen-bond donors (Lipinski definition) is 0. The zero-order valence-corrected chi connectivity index (χ0v) is 16.9. The first-order valence-corrected chi connectivity index (χ1v) is 11.3. The summed E-state index contributed by atoms with van der Waals surface area (Å²) in [7, 11) is 0. The fraction of sp³-hybridized carbons (Fsp3) is 0.667. The molecule has 0 aromatic carbocycles. The molecule has 28 heavy (non-hydrogen) atoms. The highest BCUT2D eigenvalue weighted by Gasteiger charge is 2.58. The van der Waals surface area contributed by atoms with Gasteiger partial charge in [0.05, 0.1) is 0 Å². The lowest BCUT2D eigenvalue weighted by molar-refractivity contribution is 0.131. The molecule has 6 rings (SSSR count). The van der Waals surface area contributed by atoms with Gasteiger partial charge >= 0.3 is 0 Å². The lowest BCUT2D eigenvalue weighted by Gasteiger charge is -2.46. The maximum Gasteiger partial charge on any atom is 0.0478 e. The third kappa shape index (κ3) is 2.18. The number of allylic oxidation sites excluding steroid dienone is 4. The molecular formula is C24H32N4. The summed E-state index contributed by atoms with van der Waals surface area (Å²) in [6.07, 6.45) is 29.5. The van der Waals surface area contributed by atoms with Crippen LogP contribution in [0.2, 0.25) is 0 Å². The summed E-state index contributed by atoms with van der Waals surface area (Å²) in [6, 6.07) is 0. The average molecular weight is 377 g/mol. The number of rotatable bonds is 2. The van der Waals surface area contributed by atoms with E-state index >= 15 is 0 Å². The summed E-state index contributed by atoms with van der Waals surface area (Å²) in [4.78, 5) is 0. The van der Waals surface area contributed by atoms with Gasteiger partial charge < -0.3 is 0 Å². The van der Waals surface area contributed by atoms with E-state index < -0.39 is 0 Å². The fourth-order valence-corrected chi connectivity index (χ4v) is 7.52. The van der Waals surface area contributed by atoms with Crippen LogP contribution in [-0.2, 0) is 0 Å². The highest BCUT2D eigenvalue weighted by Crippen LogP contribution is 2.60. The van der Waals surface area contributed by atoms with Crippen molar-refractivity contribution in [3.63, 3.8) is 0 Å². The van der Waals surface area contributed by atoms with Gasteiger partial charge in [-0.15, -0.1) is 0 Å². The van der Waals surface area contributed by atoms with Gasteiger partial charge in [-0.1, -0.05) is 84.7 Å². The van der Waals surface area contributed by atoms with Crippen molar-refractivity contribution in [3.8, 4) is 0 Å². The molecule has 0 radical (unpaired) electrons. The second kappa shape index (κ2) is 5.84. The second-order valence-corrected chi connectivity index (χ2v) is 10.3. The van der Waals surface area contributed by atoms with Crippen LogP contribution >= 0.6 is 0 Å². The average Bonchev–Trinajstić information content (AvgIpc) is 3.25. The Morgan fingerprint density at radius 3 is 1.04 bits per heavy atom. The van der Waals surface area contributed by atoms with Crippen LogP contribution in [0.4, 0.5) is 0 Å². The van der Waals surface area contributed by atoms with Gasteiger partial charge in [0.15, 0.2) is 0 Å². The molecule has 6 aliphatic rings. The first-order valence-electron chi connectivity index (χ1n) is 11.3.